The van der Waals surface area contributed by atoms with Gasteiger partial charge in [-0.05, 0) is 24.6 Å². The maximum absolute atomic E-state index is 13.4. The van der Waals surface area contributed by atoms with Crippen LogP contribution in [0.3, 0.4) is 0 Å². The summed E-state index contributed by atoms with van der Waals surface area (Å²) in [6.45, 7) is 1.38. The fourth-order valence-electron chi connectivity index (χ4n) is 1.52. The number of carboxylic acids is 1. The lowest BCUT2D eigenvalue weighted by atomic mass is 10.2. The van der Waals surface area contributed by atoms with Crippen molar-refractivity contribution in [1.29, 1.82) is 0 Å². The van der Waals surface area contributed by atoms with Gasteiger partial charge in [-0.25, -0.2) is 9.18 Å². The molecule has 0 spiro atoms. The van der Waals surface area contributed by atoms with Crippen molar-refractivity contribution in [3.8, 4) is 5.75 Å². The van der Waals surface area contributed by atoms with Gasteiger partial charge in [0, 0.05) is 4.47 Å². The molecule has 0 aliphatic carbocycles. The minimum Gasteiger partial charge on any atom is -0.481 e. The molecule has 1 rings (SSSR count). The lowest BCUT2D eigenvalue weighted by molar-refractivity contribution is -0.142. The Balaban J connectivity index is 2.52. The molecule has 0 aliphatic rings. The van der Waals surface area contributed by atoms with Gasteiger partial charge >= 0.3 is 5.97 Å². The van der Waals surface area contributed by atoms with Gasteiger partial charge < -0.3 is 15.2 Å². The first kappa shape index (κ1) is 16.4. The summed E-state index contributed by atoms with van der Waals surface area (Å²) in [4.78, 5) is 22.4. The van der Waals surface area contributed by atoms with E-state index >= 15 is 0 Å². The van der Waals surface area contributed by atoms with Gasteiger partial charge in [0.1, 0.15) is 6.04 Å². The van der Waals surface area contributed by atoms with Gasteiger partial charge in [0.2, 0.25) is 0 Å². The Hall–Kier alpha value is -1.63. The van der Waals surface area contributed by atoms with Crippen LogP contribution < -0.4 is 10.1 Å². The summed E-state index contributed by atoms with van der Waals surface area (Å²) < 4.78 is 19.0. The zero-order valence-electron chi connectivity index (χ0n) is 10.9. The monoisotopic (exact) mass is 347 g/mol. The van der Waals surface area contributed by atoms with E-state index in [0.717, 1.165) is 0 Å². The SMILES string of the molecule is CCCC(NC(=O)COc1ccc(Br)cc1F)C(=O)O. The maximum Gasteiger partial charge on any atom is 0.326 e. The Morgan fingerprint density at radius 3 is 2.75 bits per heavy atom. The minimum absolute atomic E-state index is 0.0642. The smallest absolute Gasteiger partial charge is 0.326 e. The molecule has 0 heterocycles. The Kier molecular flexibility index (Phi) is 6.44. The number of aliphatic carboxylic acids is 1. The number of halogens is 2. The summed E-state index contributed by atoms with van der Waals surface area (Å²) in [5.41, 5.74) is 0. The van der Waals surface area contributed by atoms with Crippen LogP contribution in [0.2, 0.25) is 0 Å². The van der Waals surface area contributed by atoms with Crippen molar-refractivity contribution in [2.45, 2.75) is 25.8 Å². The average molecular weight is 348 g/mol. The van der Waals surface area contributed by atoms with Crippen LogP contribution in [0.4, 0.5) is 4.39 Å². The summed E-state index contributed by atoms with van der Waals surface area (Å²) >= 11 is 3.10. The number of benzene rings is 1. The van der Waals surface area contributed by atoms with Gasteiger partial charge in [-0.2, -0.15) is 0 Å². The zero-order chi connectivity index (χ0) is 15.1. The third-order valence-corrected chi connectivity index (χ3v) is 2.96. The first-order valence-electron chi connectivity index (χ1n) is 6.04. The van der Waals surface area contributed by atoms with Crippen LogP contribution in [0, 0.1) is 5.82 Å². The van der Waals surface area contributed by atoms with Gasteiger partial charge in [-0.3, -0.25) is 4.79 Å². The van der Waals surface area contributed by atoms with E-state index in [-0.39, 0.29) is 5.75 Å². The Morgan fingerprint density at radius 1 is 1.50 bits per heavy atom. The molecule has 20 heavy (non-hydrogen) atoms. The topological polar surface area (TPSA) is 75.6 Å². The van der Waals surface area contributed by atoms with E-state index in [4.69, 9.17) is 9.84 Å². The first-order valence-corrected chi connectivity index (χ1v) is 6.83. The van der Waals surface area contributed by atoms with E-state index < -0.39 is 30.3 Å². The highest BCUT2D eigenvalue weighted by Gasteiger charge is 2.19. The number of carboxylic acid groups (broad SMARTS) is 1. The molecule has 0 saturated heterocycles. The number of hydrogen-bond acceptors (Lipinski definition) is 3. The van der Waals surface area contributed by atoms with Crippen molar-refractivity contribution in [2.24, 2.45) is 0 Å². The van der Waals surface area contributed by atoms with E-state index in [9.17, 15) is 14.0 Å². The molecule has 1 aromatic carbocycles. The third kappa shape index (κ3) is 5.16. The number of amides is 1. The van der Waals surface area contributed by atoms with E-state index in [0.29, 0.717) is 17.3 Å². The van der Waals surface area contributed by atoms with Crippen LogP contribution in [0.25, 0.3) is 0 Å². The second kappa shape index (κ2) is 7.84. The average Bonchev–Trinajstić information content (AvgIpc) is 2.37. The highest BCUT2D eigenvalue weighted by Crippen LogP contribution is 2.21. The molecule has 0 aliphatic heterocycles. The second-order valence-electron chi connectivity index (χ2n) is 4.11. The van der Waals surface area contributed by atoms with Crippen LogP contribution in [-0.2, 0) is 9.59 Å². The van der Waals surface area contributed by atoms with Gasteiger partial charge in [0.15, 0.2) is 18.2 Å². The van der Waals surface area contributed by atoms with E-state index in [2.05, 4.69) is 21.2 Å². The zero-order valence-corrected chi connectivity index (χ0v) is 12.4. The van der Waals surface area contributed by atoms with E-state index in [1.54, 1.807) is 6.07 Å². The van der Waals surface area contributed by atoms with Crippen LogP contribution in [-0.4, -0.2) is 29.6 Å². The summed E-state index contributed by atoms with van der Waals surface area (Å²) in [5.74, 6) is -2.37. The van der Waals surface area contributed by atoms with Crippen molar-refractivity contribution >= 4 is 27.8 Å². The quantitative estimate of drug-likeness (QED) is 0.793. The van der Waals surface area contributed by atoms with Gasteiger partial charge in [0.25, 0.3) is 5.91 Å². The molecule has 5 nitrogen and oxygen atoms in total. The van der Waals surface area contributed by atoms with Crippen LogP contribution in [0.15, 0.2) is 22.7 Å². The normalized spacial score (nSPS) is 11.8. The van der Waals surface area contributed by atoms with Gasteiger partial charge in [-0.1, -0.05) is 29.3 Å². The summed E-state index contributed by atoms with van der Waals surface area (Å²) in [5, 5.41) is 11.2. The highest BCUT2D eigenvalue weighted by atomic mass is 79.9. The lowest BCUT2D eigenvalue weighted by Gasteiger charge is -2.14. The van der Waals surface area contributed by atoms with Crippen LogP contribution in [0.5, 0.6) is 5.75 Å². The molecule has 1 aromatic rings. The Labute approximate surface area is 124 Å². The van der Waals surface area contributed by atoms with Crippen LogP contribution in [0.1, 0.15) is 19.8 Å². The Bertz CT molecular complexity index is 495. The van der Waals surface area contributed by atoms with Crippen LogP contribution >= 0.6 is 15.9 Å². The van der Waals surface area contributed by atoms with Crippen molar-refractivity contribution < 1.29 is 23.8 Å². The molecule has 2 N–H and O–H groups in total. The van der Waals surface area contributed by atoms with Gasteiger partial charge in [-0.15, -0.1) is 0 Å². The number of carbonyl (C=O) groups excluding carboxylic acids is 1. The minimum atomic E-state index is -1.10. The van der Waals surface area contributed by atoms with Crippen molar-refractivity contribution in [3.63, 3.8) is 0 Å². The van der Waals surface area contributed by atoms with Gasteiger partial charge in [0.05, 0.1) is 0 Å². The highest BCUT2D eigenvalue weighted by molar-refractivity contribution is 9.10. The molecular weight excluding hydrogens is 333 g/mol. The number of rotatable bonds is 7. The molecule has 1 amide bonds. The van der Waals surface area contributed by atoms with E-state index in [1.165, 1.54) is 12.1 Å². The number of carbonyl (C=O) groups is 2. The molecule has 7 heteroatoms. The third-order valence-electron chi connectivity index (χ3n) is 2.46. The first-order chi connectivity index (χ1) is 9.43. The molecule has 0 radical (unpaired) electrons. The molecule has 0 bridgehead atoms. The fraction of sp³-hybridized carbons (Fsp3) is 0.385. The lowest BCUT2D eigenvalue weighted by Crippen LogP contribution is -2.42. The van der Waals surface area contributed by atoms with Crippen molar-refractivity contribution in [3.05, 3.63) is 28.5 Å². The summed E-state index contributed by atoms with van der Waals surface area (Å²) in [7, 11) is 0. The summed E-state index contributed by atoms with van der Waals surface area (Å²) in [6, 6.07) is 3.22. The number of ether oxygens (including phenoxy) is 1. The number of hydrogen-bond donors (Lipinski definition) is 2. The summed E-state index contributed by atoms with van der Waals surface area (Å²) in [6.07, 6.45) is 0.952. The maximum atomic E-state index is 13.4. The molecule has 110 valence electrons. The largest absolute Gasteiger partial charge is 0.481 e. The van der Waals surface area contributed by atoms with Crippen molar-refractivity contribution in [1.82, 2.24) is 5.32 Å². The fourth-order valence-corrected chi connectivity index (χ4v) is 1.85. The predicted octanol–water partition coefficient (Wildman–Crippen LogP) is 2.34. The molecular formula is C13H15BrFNO4. The molecule has 0 aromatic heterocycles. The number of nitrogens with one attached hydrogen (secondary N) is 1. The van der Waals surface area contributed by atoms with E-state index in [1.807, 2.05) is 6.92 Å². The van der Waals surface area contributed by atoms with Crippen molar-refractivity contribution in [2.75, 3.05) is 6.61 Å². The second-order valence-corrected chi connectivity index (χ2v) is 5.03. The molecule has 0 saturated carbocycles. The molecule has 0 fully saturated rings. The molecule has 1 atom stereocenters. The molecule has 1 unspecified atom stereocenters. The predicted molar refractivity (Wildman–Crippen MR) is 74.1 cm³/mol. The Morgan fingerprint density at radius 2 is 2.20 bits per heavy atom. The standard InChI is InChI=1S/C13H15BrFNO4/c1-2-3-10(13(18)19)16-12(17)7-20-11-5-4-8(14)6-9(11)15/h4-6,10H,2-3,7H2,1H3,(H,16,17)(H,18,19).